The minimum absolute atomic E-state index is 0.0452. The molecule has 0 spiro atoms. The number of benzene rings is 2. The Morgan fingerprint density at radius 1 is 1.11 bits per heavy atom. The average molecular weight is 391 g/mol. The van der Waals surface area contributed by atoms with Crippen LogP contribution in [0.15, 0.2) is 54.6 Å². The van der Waals surface area contributed by atoms with Crippen LogP contribution in [0.25, 0.3) is 0 Å². The van der Waals surface area contributed by atoms with Crippen LogP contribution < -0.4 is 10.1 Å². The Labute approximate surface area is 161 Å². The summed E-state index contributed by atoms with van der Waals surface area (Å²) in [5.41, 5.74) is 1.91. The van der Waals surface area contributed by atoms with Crippen LogP contribution in [0.2, 0.25) is 0 Å². The van der Waals surface area contributed by atoms with E-state index < -0.39 is 10.0 Å². The molecule has 1 N–H and O–H groups in total. The molecule has 1 amide bonds. The lowest BCUT2D eigenvalue weighted by Crippen LogP contribution is -2.32. The van der Waals surface area contributed by atoms with Crippen molar-refractivity contribution in [1.29, 1.82) is 0 Å². The molecule has 27 heavy (non-hydrogen) atoms. The van der Waals surface area contributed by atoms with E-state index in [0.717, 1.165) is 17.5 Å². The predicted molar refractivity (Wildman–Crippen MR) is 106 cm³/mol. The molecule has 0 bridgehead atoms. The Morgan fingerprint density at radius 3 is 2.30 bits per heavy atom. The predicted octanol–water partition coefficient (Wildman–Crippen LogP) is 2.72. The SMILES string of the molecule is CC[C@@H](NC(=O)COc1ccc(CN(C)S(C)(=O)=O)cc1)c1ccccc1. The van der Waals surface area contributed by atoms with Crippen molar-refractivity contribution in [3.63, 3.8) is 0 Å². The summed E-state index contributed by atoms with van der Waals surface area (Å²) in [5.74, 6) is 0.371. The van der Waals surface area contributed by atoms with Gasteiger partial charge in [-0.05, 0) is 29.7 Å². The average Bonchev–Trinajstić information content (AvgIpc) is 2.65. The molecule has 0 aliphatic rings. The Kier molecular flexibility index (Phi) is 7.38. The van der Waals surface area contributed by atoms with Gasteiger partial charge in [0.25, 0.3) is 5.91 Å². The summed E-state index contributed by atoms with van der Waals surface area (Å²) in [6.07, 6.45) is 1.96. The number of amides is 1. The van der Waals surface area contributed by atoms with E-state index in [1.807, 2.05) is 37.3 Å². The molecule has 146 valence electrons. The number of carbonyl (C=O) groups excluding carboxylic acids is 1. The van der Waals surface area contributed by atoms with Crippen molar-refractivity contribution >= 4 is 15.9 Å². The highest BCUT2D eigenvalue weighted by Gasteiger charge is 2.13. The van der Waals surface area contributed by atoms with E-state index in [-0.39, 0.29) is 25.1 Å². The molecule has 0 saturated heterocycles. The first-order valence-electron chi connectivity index (χ1n) is 8.77. The maximum atomic E-state index is 12.2. The third-order valence-corrected chi connectivity index (χ3v) is 5.47. The van der Waals surface area contributed by atoms with Gasteiger partial charge in [-0.2, -0.15) is 0 Å². The Hall–Kier alpha value is -2.38. The monoisotopic (exact) mass is 390 g/mol. The minimum Gasteiger partial charge on any atom is -0.484 e. The molecule has 0 aliphatic heterocycles. The highest BCUT2D eigenvalue weighted by atomic mass is 32.2. The number of carbonyl (C=O) groups is 1. The number of ether oxygens (including phenoxy) is 1. The quantitative estimate of drug-likeness (QED) is 0.714. The molecule has 1 atom stereocenters. The van der Waals surface area contributed by atoms with Crippen molar-refractivity contribution < 1.29 is 17.9 Å². The summed E-state index contributed by atoms with van der Waals surface area (Å²) >= 11 is 0. The van der Waals surface area contributed by atoms with Crippen LogP contribution in [0.4, 0.5) is 0 Å². The molecule has 0 unspecified atom stereocenters. The Bertz CT molecular complexity index is 836. The summed E-state index contributed by atoms with van der Waals surface area (Å²) < 4.78 is 29.7. The van der Waals surface area contributed by atoms with Crippen LogP contribution in [0.3, 0.4) is 0 Å². The summed E-state index contributed by atoms with van der Waals surface area (Å²) in [4.78, 5) is 12.2. The van der Waals surface area contributed by atoms with Crippen LogP contribution in [-0.2, 0) is 21.4 Å². The van der Waals surface area contributed by atoms with E-state index >= 15 is 0 Å². The van der Waals surface area contributed by atoms with Gasteiger partial charge < -0.3 is 10.1 Å². The second kappa shape index (κ2) is 9.53. The zero-order valence-electron chi connectivity index (χ0n) is 15.9. The maximum Gasteiger partial charge on any atom is 0.258 e. The van der Waals surface area contributed by atoms with Gasteiger partial charge in [0, 0.05) is 13.6 Å². The van der Waals surface area contributed by atoms with Gasteiger partial charge in [0.2, 0.25) is 10.0 Å². The van der Waals surface area contributed by atoms with Gasteiger partial charge in [0.1, 0.15) is 5.75 Å². The number of hydrogen-bond acceptors (Lipinski definition) is 4. The summed E-state index contributed by atoms with van der Waals surface area (Å²) in [6, 6.07) is 16.8. The first-order chi connectivity index (χ1) is 12.8. The largest absolute Gasteiger partial charge is 0.484 e. The minimum atomic E-state index is -3.22. The molecular weight excluding hydrogens is 364 g/mol. The topological polar surface area (TPSA) is 75.7 Å². The maximum absolute atomic E-state index is 12.2. The number of nitrogens with zero attached hydrogens (tertiary/aromatic N) is 1. The molecule has 0 aromatic heterocycles. The smallest absolute Gasteiger partial charge is 0.258 e. The molecule has 2 rings (SSSR count). The van der Waals surface area contributed by atoms with E-state index in [1.165, 1.54) is 17.6 Å². The van der Waals surface area contributed by atoms with Gasteiger partial charge in [-0.3, -0.25) is 4.79 Å². The fourth-order valence-corrected chi connectivity index (χ4v) is 2.94. The molecule has 7 heteroatoms. The Balaban J connectivity index is 1.86. The first-order valence-corrected chi connectivity index (χ1v) is 10.6. The van der Waals surface area contributed by atoms with Crippen molar-refractivity contribution in [1.82, 2.24) is 9.62 Å². The fraction of sp³-hybridized carbons (Fsp3) is 0.350. The number of rotatable bonds is 9. The second-order valence-corrected chi connectivity index (χ2v) is 8.48. The summed E-state index contributed by atoms with van der Waals surface area (Å²) in [7, 11) is -1.69. The van der Waals surface area contributed by atoms with Crippen LogP contribution in [0.5, 0.6) is 5.75 Å². The van der Waals surface area contributed by atoms with Gasteiger partial charge in [0.05, 0.1) is 12.3 Å². The van der Waals surface area contributed by atoms with Gasteiger partial charge >= 0.3 is 0 Å². The van der Waals surface area contributed by atoms with E-state index in [0.29, 0.717) is 5.75 Å². The Morgan fingerprint density at radius 2 is 1.74 bits per heavy atom. The van der Waals surface area contributed by atoms with Crippen molar-refractivity contribution in [2.24, 2.45) is 0 Å². The molecule has 6 nitrogen and oxygen atoms in total. The van der Waals surface area contributed by atoms with Crippen molar-refractivity contribution in [2.45, 2.75) is 25.9 Å². The van der Waals surface area contributed by atoms with Gasteiger partial charge in [-0.15, -0.1) is 0 Å². The molecule has 0 radical (unpaired) electrons. The molecule has 0 heterocycles. The third kappa shape index (κ3) is 6.69. The molecule has 0 saturated carbocycles. The lowest BCUT2D eigenvalue weighted by Gasteiger charge is -2.18. The zero-order chi connectivity index (χ0) is 19.9. The van der Waals surface area contributed by atoms with E-state index in [2.05, 4.69) is 5.32 Å². The van der Waals surface area contributed by atoms with Crippen molar-refractivity contribution in [3.05, 3.63) is 65.7 Å². The van der Waals surface area contributed by atoms with Crippen LogP contribution in [-0.4, -0.2) is 38.5 Å². The van der Waals surface area contributed by atoms with Gasteiger partial charge in [-0.1, -0.05) is 49.4 Å². The highest BCUT2D eigenvalue weighted by Crippen LogP contribution is 2.17. The second-order valence-electron chi connectivity index (χ2n) is 6.39. The van der Waals surface area contributed by atoms with Crippen LogP contribution >= 0.6 is 0 Å². The number of hydrogen-bond donors (Lipinski definition) is 1. The van der Waals surface area contributed by atoms with Crippen molar-refractivity contribution in [3.8, 4) is 5.75 Å². The molecule has 0 fully saturated rings. The highest BCUT2D eigenvalue weighted by molar-refractivity contribution is 7.88. The number of nitrogens with one attached hydrogen (secondary N) is 1. The van der Waals surface area contributed by atoms with E-state index in [1.54, 1.807) is 24.3 Å². The first kappa shape index (κ1) is 20.9. The van der Waals surface area contributed by atoms with Crippen LogP contribution in [0, 0.1) is 0 Å². The van der Waals surface area contributed by atoms with E-state index in [9.17, 15) is 13.2 Å². The fourth-order valence-electron chi connectivity index (χ4n) is 2.56. The number of sulfonamides is 1. The lowest BCUT2D eigenvalue weighted by atomic mass is 10.0. The normalized spacial score (nSPS) is 12.6. The van der Waals surface area contributed by atoms with Crippen molar-refractivity contribution in [2.75, 3.05) is 19.9 Å². The van der Waals surface area contributed by atoms with Crippen LogP contribution in [0.1, 0.15) is 30.5 Å². The van der Waals surface area contributed by atoms with E-state index in [4.69, 9.17) is 4.74 Å². The summed E-state index contributed by atoms with van der Waals surface area (Å²) in [5, 5.41) is 2.97. The van der Waals surface area contributed by atoms with Gasteiger partial charge in [-0.25, -0.2) is 12.7 Å². The lowest BCUT2D eigenvalue weighted by molar-refractivity contribution is -0.123. The molecule has 2 aromatic rings. The molecule has 2 aromatic carbocycles. The summed E-state index contributed by atoms with van der Waals surface area (Å²) in [6.45, 7) is 2.23. The standard InChI is InChI=1S/C20H26N2O4S/c1-4-19(17-8-6-5-7-9-17)21-20(23)15-26-18-12-10-16(11-13-18)14-22(2)27(3,24)25/h5-13,19H,4,14-15H2,1-3H3,(H,21,23)/t19-/m1/s1. The van der Waals surface area contributed by atoms with Gasteiger partial charge in [0.15, 0.2) is 6.61 Å². The third-order valence-electron chi connectivity index (χ3n) is 4.21. The zero-order valence-corrected chi connectivity index (χ0v) is 16.7. The molecule has 0 aliphatic carbocycles. The molecular formula is C20H26N2O4S.